The molecule has 0 amide bonds. The molecule has 0 heterocycles. The van der Waals surface area contributed by atoms with Crippen molar-refractivity contribution in [2.75, 3.05) is 6.61 Å². The van der Waals surface area contributed by atoms with E-state index in [1.807, 2.05) is 30.3 Å². The van der Waals surface area contributed by atoms with Crippen molar-refractivity contribution in [1.29, 1.82) is 0 Å². The zero-order valence-electron chi connectivity index (χ0n) is 8.54. The molecule has 0 saturated heterocycles. The van der Waals surface area contributed by atoms with Crippen molar-refractivity contribution < 1.29 is 38.7 Å². The van der Waals surface area contributed by atoms with Crippen molar-refractivity contribution in [2.45, 2.75) is 13.8 Å². The summed E-state index contributed by atoms with van der Waals surface area (Å²) in [5.74, 6) is 1.55. The fourth-order valence-corrected chi connectivity index (χ4v) is 0.780. The number of ether oxygens (including phenoxy) is 1. The van der Waals surface area contributed by atoms with Gasteiger partial charge in [0, 0.05) is 0 Å². The van der Waals surface area contributed by atoms with E-state index in [0.717, 1.165) is 12.4 Å². The van der Waals surface area contributed by atoms with E-state index in [-0.39, 0.29) is 57.0 Å². The van der Waals surface area contributed by atoms with Crippen LogP contribution in [0.1, 0.15) is 13.8 Å². The van der Waals surface area contributed by atoms with Crippen LogP contribution in [0.4, 0.5) is 0 Å². The van der Waals surface area contributed by atoms with Crippen LogP contribution in [0.3, 0.4) is 0 Å². The van der Waals surface area contributed by atoms with Gasteiger partial charge in [0.1, 0.15) is 5.75 Å². The minimum atomic E-state index is 0. The van der Waals surface area contributed by atoms with Gasteiger partial charge in [0.15, 0.2) is 0 Å². The van der Waals surface area contributed by atoms with Gasteiger partial charge in [0.2, 0.25) is 0 Å². The van der Waals surface area contributed by atoms with Gasteiger partial charge in [-0.25, -0.2) is 0 Å². The molecule has 0 spiro atoms. The summed E-state index contributed by atoms with van der Waals surface area (Å²) < 4.78 is 5.47. The first-order chi connectivity index (χ1) is 5.29. The molecule has 1 aromatic carbocycles. The average Bonchev–Trinajstić information content (AvgIpc) is 2.03. The molecular weight excluding hydrogens is 320 g/mol. The average molecular weight is 334 g/mol. The van der Waals surface area contributed by atoms with E-state index in [4.69, 9.17) is 4.74 Å². The second-order valence-electron chi connectivity index (χ2n) is 3.02. The molecule has 4 heteroatoms. The summed E-state index contributed by atoms with van der Waals surface area (Å²) in [7, 11) is 0. The summed E-state index contributed by atoms with van der Waals surface area (Å²) in [4.78, 5) is 0. The molecule has 0 aromatic heterocycles. The minimum absolute atomic E-state index is 0. The zero-order chi connectivity index (χ0) is 8.10. The Bertz CT molecular complexity index is 205. The van der Waals surface area contributed by atoms with Crippen LogP contribution in [0.25, 0.3) is 0 Å². The Morgan fingerprint density at radius 1 is 1.07 bits per heavy atom. The van der Waals surface area contributed by atoms with Crippen LogP contribution in [-0.4, -0.2) is 29.7 Å². The first-order valence-corrected chi connectivity index (χ1v) is 3.97. The van der Waals surface area contributed by atoms with E-state index < -0.39 is 0 Å². The molecule has 0 bridgehead atoms. The van der Waals surface area contributed by atoms with Crippen LogP contribution in [-0.2, 0) is 0 Å². The van der Waals surface area contributed by atoms with Gasteiger partial charge < -0.3 is 38.7 Å². The number of benzene rings is 1. The summed E-state index contributed by atoms with van der Waals surface area (Å²) in [5.41, 5.74) is 0. The normalized spacial score (nSPS) is 7.93. The Kier molecular flexibility index (Phi) is 17.0. The molecule has 0 aliphatic rings. The van der Waals surface area contributed by atoms with Crippen molar-refractivity contribution in [3.8, 4) is 5.75 Å². The van der Waals surface area contributed by atoms with E-state index in [9.17, 15) is 0 Å². The molecule has 1 nitrogen and oxygen atoms in total. The molecule has 0 saturated carbocycles. The van der Waals surface area contributed by atoms with E-state index in [1.165, 1.54) is 0 Å². The summed E-state index contributed by atoms with van der Waals surface area (Å²) in [6, 6.07) is 9.90. The Labute approximate surface area is 123 Å². The van der Waals surface area contributed by atoms with Crippen molar-refractivity contribution in [3.05, 3.63) is 30.3 Å². The molecule has 0 N–H and O–H groups in total. The van der Waals surface area contributed by atoms with E-state index in [0.29, 0.717) is 5.92 Å². The first-order valence-electron chi connectivity index (χ1n) is 3.97. The van der Waals surface area contributed by atoms with Crippen LogP contribution in [0.15, 0.2) is 30.3 Å². The fraction of sp³-hybridized carbons (Fsp3) is 0.400. The second kappa shape index (κ2) is 11.8. The number of halogens is 2. The van der Waals surface area contributed by atoms with Gasteiger partial charge in [-0.2, -0.15) is 0 Å². The second-order valence-corrected chi connectivity index (χ2v) is 3.02. The van der Waals surface area contributed by atoms with Crippen LogP contribution in [0, 0.1) is 5.92 Å². The van der Waals surface area contributed by atoms with Gasteiger partial charge in [-0.15, -0.1) is 0 Å². The Balaban J connectivity index is -0.000000403. The fourth-order valence-electron chi connectivity index (χ4n) is 0.780. The molecule has 0 fully saturated rings. The SMILES string of the molecule is CC(C)COc1ccccc1.[Br-].[Br-].[Mg+2]. The third kappa shape index (κ3) is 9.31. The van der Waals surface area contributed by atoms with Crippen LogP contribution < -0.4 is 38.7 Å². The van der Waals surface area contributed by atoms with Crippen molar-refractivity contribution >= 4 is 23.1 Å². The van der Waals surface area contributed by atoms with Crippen LogP contribution >= 0.6 is 0 Å². The number of rotatable bonds is 3. The Morgan fingerprint density at radius 3 is 2.00 bits per heavy atom. The molecule has 0 aliphatic heterocycles. The maximum absolute atomic E-state index is 5.47. The van der Waals surface area contributed by atoms with Crippen molar-refractivity contribution in [1.82, 2.24) is 0 Å². The molecule has 76 valence electrons. The van der Waals surface area contributed by atoms with Crippen LogP contribution in [0.5, 0.6) is 5.75 Å². The molecule has 1 rings (SSSR count). The van der Waals surface area contributed by atoms with Gasteiger partial charge in [0.25, 0.3) is 0 Å². The van der Waals surface area contributed by atoms with Crippen molar-refractivity contribution in [3.63, 3.8) is 0 Å². The third-order valence-electron chi connectivity index (χ3n) is 1.33. The standard InChI is InChI=1S/C10H14O.2BrH.Mg/c1-9(2)8-11-10-6-4-3-5-7-10;;;/h3-7,9H,8H2,1-2H3;2*1H;/q;;;+2/p-2. The number of para-hydroxylation sites is 1. The molecule has 1 aromatic rings. The third-order valence-corrected chi connectivity index (χ3v) is 1.33. The van der Waals surface area contributed by atoms with Gasteiger partial charge in [-0.3, -0.25) is 0 Å². The van der Waals surface area contributed by atoms with E-state index in [2.05, 4.69) is 13.8 Å². The van der Waals surface area contributed by atoms with E-state index in [1.54, 1.807) is 0 Å². The molecular formula is C10H14Br2MgO. The smallest absolute Gasteiger partial charge is 1.00 e. The molecule has 0 atom stereocenters. The predicted octanol–water partition coefficient (Wildman–Crippen LogP) is -3.65. The maximum atomic E-state index is 5.47. The van der Waals surface area contributed by atoms with Gasteiger partial charge in [0.05, 0.1) is 6.61 Å². The zero-order valence-corrected chi connectivity index (χ0v) is 13.1. The Morgan fingerprint density at radius 2 is 1.57 bits per heavy atom. The summed E-state index contributed by atoms with van der Waals surface area (Å²) in [6.45, 7) is 5.08. The molecule has 0 aliphatic carbocycles. The number of hydrogen-bond donors (Lipinski definition) is 0. The Hall–Kier alpha value is 0.746. The van der Waals surface area contributed by atoms with E-state index >= 15 is 0 Å². The quantitative estimate of drug-likeness (QED) is 0.518. The molecule has 0 unspecified atom stereocenters. The van der Waals surface area contributed by atoms with Crippen LogP contribution in [0.2, 0.25) is 0 Å². The molecule has 14 heavy (non-hydrogen) atoms. The topological polar surface area (TPSA) is 9.23 Å². The maximum Gasteiger partial charge on any atom is 2.00 e. The number of hydrogen-bond acceptors (Lipinski definition) is 1. The monoisotopic (exact) mass is 332 g/mol. The minimum Gasteiger partial charge on any atom is -1.00 e. The van der Waals surface area contributed by atoms with Gasteiger partial charge in [-0.05, 0) is 18.1 Å². The first kappa shape index (κ1) is 20.2. The molecule has 0 radical (unpaired) electrons. The van der Waals surface area contributed by atoms with Gasteiger partial charge >= 0.3 is 23.1 Å². The largest absolute Gasteiger partial charge is 2.00 e. The predicted molar refractivity (Wildman–Crippen MR) is 52.5 cm³/mol. The summed E-state index contributed by atoms with van der Waals surface area (Å²) in [6.07, 6.45) is 0. The van der Waals surface area contributed by atoms with Crippen molar-refractivity contribution in [2.24, 2.45) is 5.92 Å². The summed E-state index contributed by atoms with van der Waals surface area (Å²) >= 11 is 0. The summed E-state index contributed by atoms with van der Waals surface area (Å²) in [5, 5.41) is 0. The van der Waals surface area contributed by atoms with Gasteiger partial charge in [-0.1, -0.05) is 32.0 Å².